The van der Waals surface area contributed by atoms with Crippen molar-refractivity contribution >= 4 is 28.9 Å². The molecule has 1 aliphatic heterocycles. The third-order valence-electron chi connectivity index (χ3n) is 5.53. The van der Waals surface area contributed by atoms with Gasteiger partial charge in [0, 0.05) is 22.3 Å². The van der Waals surface area contributed by atoms with Gasteiger partial charge in [-0.2, -0.15) is 4.98 Å². The first-order chi connectivity index (χ1) is 16.8. The Morgan fingerprint density at radius 2 is 1.69 bits per heavy atom. The fourth-order valence-corrected chi connectivity index (χ4v) is 4.11. The Morgan fingerprint density at radius 1 is 0.971 bits per heavy atom. The molecule has 1 atom stereocenters. The van der Waals surface area contributed by atoms with Crippen LogP contribution < -0.4 is 10.2 Å². The van der Waals surface area contributed by atoms with Gasteiger partial charge in [0.05, 0.1) is 17.3 Å². The Kier molecular flexibility index (Phi) is 5.78. The van der Waals surface area contributed by atoms with Gasteiger partial charge in [-0.25, -0.2) is 18.0 Å². The number of hydrogen-bond acceptors (Lipinski definition) is 4. The molecule has 2 heterocycles. The van der Waals surface area contributed by atoms with E-state index in [1.165, 1.54) is 18.2 Å². The third kappa shape index (κ3) is 4.38. The number of aromatic nitrogens is 2. The lowest BCUT2D eigenvalue weighted by Crippen LogP contribution is -2.46. The van der Waals surface area contributed by atoms with Crippen LogP contribution in [-0.4, -0.2) is 16.2 Å². The molecule has 2 amide bonds. The summed E-state index contributed by atoms with van der Waals surface area (Å²) in [5, 5.41) is 7.32. The van der Waals surface area contributed by atoms with Crippen LogP contribution in [0.15, 0.2) is 77.0 Å². The van der Waals surface area contributed by atoms with E-state index in [4.69, 9.17) is 16.1 Å². The predicted molar refractivity (Wildman–Crippen MR) is 124 cm³/mol. The second-order valence-corrected chi connectivity index (χ2v) is 8.27. The molecule has 0 saturated heterocycles. The molecule has 0 fully saturated rings. The Hall–Kier alpha value is -4.11. The van der Waals surface area contributed by atoms with Crippen molar-refractivity contribution in [1.29, 1.82) is 0 Å². The Bertz CT molecular complexity index is 1450. The highest BCUT2D eigenvalue weighted by atomic mass is 35.5. The standard InChI is InChI=1S/C25H16ClF3N4O2/c1-13-21(24-31-23(32-35-24)14-5-7-16(26)8-6-14)22(15-3-2-4-17(27)9-15)30-25(34)33(13)20-11-18(28)10-19(29)12-20/h2-12,22H,1H3,(H,30,34). The van der Waals surface area contributed by atoms with Crippen molar-refractivity contribution in [3.63, 3.8) is 0 Å². The van der Waals surface area contributed by atoms with Gasteiger partial charge in [0.1, 0.15) is 17.5 Å². The van der Waals surface area contributed by atoms with Gasteiger partial charge >= 0.3 is 6.03 Å². The molecule has 10 heteroatoms. The third-order valence-corrected chi connectivity index (χ3v) is 5.78. The molecular formula is C25H16ClF3N4O2. The van der Waals surface area contributed by atoms with Crippen molar-refractivity contribution in [2.24, 2.45) is 0 Å². The van der Waals surface area contributed by atoms with Gasteiger partial charge in [0.25, 0.3) is 5.89 Å². The van der Waals surface area contributed by atoms with Crippen LogP contribution in [0.1, 0.15) is 24.4 Å². The molecule has 3 aromatic carbocycles. The van der Waals surface area contributed by atoms with E-state index in [0.717, 1.165) is 17.0 Å². The first kappa shape index (κ1) is 22.7. The molecule has 1 N–H and O–H groups in total. The van der Waals surface area contributed by atoms with Gasteiger partial charge in [-0.3, -0.25) is 4.90 Å². The van der Waals surface area contributed by atoms with Crippen molar-refractivity contribution in [3.8, 4) is 11.4 Å². The van der Waals surface area contributed by atoms with Crippen LogP contribution >= 0.6 is 11.6 Å². The highest BCUT2D eigenvalue weighted by Gasteiger charge is 2.37. The number of carbonyl (C=O) groups is 1. The first-order valence-corrected chi connectivity index (χ1v) is 10.8. The second kappa shape index (κ2) is 8.92. The van der Waals surface area contributed by atoms with Crippen molar-refractivity contribution in [2.75, 3.05) is 4.90 Å². The molecule has 176 valence electrons. The summed E-state index contributed by atoms with van der Waals surface area (Å²) in [6.45, 7) is 1.58. The van der Waals surface area contributed by atoms with Gasteiger partial charge in [-0.15, -0.1) is 0 Å². The zero-order valence-electron chi connectivity index (χ0n) is 18.1. The van der Waals surface area contributed by atoms with E-state index in [-0.39, 0.29) is 23.1 Å². The number of allylic oxidation sites excluding steroid dienone is 1. The van der Waals surface area contributed by atoms with Crippen LogP contribution in [0, 0.1) is 17.5 Å². The van der Waals surface area contributed by atoms with E-state index in [2.05, 4.69) is 15.5 Å². The number of amides is 2. The molecule has 0 bridgehead atoms. The zero-order valence-corrected chi connectivity index (χ0v) is 18.9. The Morgan fingerprint density at radius 3 is 2.37 bits per heavy atom. The molecule has 1 aromatic heterocycles. The van der Waals surface area contributed by atoms with Crippen LogP contribution in [0.4, 0.5) is 23.7 Å². The molecule has 0 radical (unpaired) electrons. The highest BCUT2D eigenvalue weighted by molar-refractivity contribution is 6.30. The Balaban J connectivity index is 1.67. The topological polar surface area (TPSA) is 71.3 Å². The maximum Gasteiger partial charge on any atom is 0.327 e. The van der Waals surface area contributed by atoms with Crippen molar-refractivity contribution in [2.45, 2.75) is 13.0 Å². The van der Waals surface area contributed by atoms with Gasteiger partial charge in [-0.05, 0) is 61.0 Å². The lowest BCUT2D eigenvalue weighted by Gasteiger charge is -2.35. The van der Waals surface area contributed by atoms with Crippen molar-refractivity contribution in [3.05, 3.63) is 106 Å². The maximum atomic E-state index is 14.0. The quantitative estimate of drug-likeness (QED) is 0.349. The lowest BCUT2D eigenvalue weighted by atomic mass is 9.94. The molecule has 4 aromatic rings. The van der Waals surface area contributed by atoms with Crippen LogP contribution in [0.5, 0.6) is 0 Å². The number of carbonyl (C=O) groups excluding carboxylic acids is 1. The summed E-state index contributed by atoms with van der Waals surface area (Å²) in [5.41, 5.74) is 1.63. The highest BCUT2D eigenvalue weighted by Crippen LogP contribution is 2.39. The normalized spacial score (nSPS) is 16.0. The van der Waals surface area contributed by atoms with Crippen molar-refractivity contribution in [1.82, 2.24) is 15.5 Å². The Labute approximate surface area is 202 Å². The first-order valence-electron chi connectivity index (χ1n) is 10.4. The minimum atomic E-state index is -0.869. The summed E-state index contributed by atoms with van der Waals surface area (Å²) >= 11 is 5.95. The van der Waals surface area contributed by atoms with Crippen LogP contribution in [0.3, 0.4) is 0 Å². The molecule has 35 heavy (non-hydrogen) atoms. The van der Waals surface area contributed by atoms with E-state index in [9.17, 15) is 18.0 Å². The smallest absolute Gasteiger partial charge is 0.327 e. The van der Waals surface area contributed by atoms with E-state index in [1.54, 1.807) is 37.3 Å². The molecule has 6 nitrogen and oxygen atoms in total. The molecular weight excluding hydrogens is 481 g/mol. The molecule has 5 rings (SSSR count). The number of nitrogens with one attached hydrogen (secondary N) is 1. The zero-order chi connectivity index (χ0) is 24.7. The van der Waals surface area contributed by atoms with E-state index in [1.807, 2.05) is 0 Å². The maximum absolute atomic E-state index is 14.0. The van der Waals surface area contributed by atoms with Gasteiger partial charge < -0.3 is 9.84 Å². The molecule has 0 aliphatic carbocycles. The SMILES string of the molecule is CC1=C(c2nc(-c3ccc(Cl)cc3)no2)C(c2cccc(F)c2)NC(=O)N1c1cc(F)cc(F)c1. The number of rotatable bonds is 4. The summed E-state index contributed by atoms with van der Waals surface area (Å²) in [7, 11) is 0. The molecule has 0 spiro atoms. The fraction of sp³-hybridized carbons (Fsp3) is 0.0800. The van der Waals surface area contributed by atoms with Gasteiger partial charge in [-0.1, -0.05) is 28.9 Å². The average molecular weight is 497 g/mol. The number of halogens is 4. The number of anilines is 1. The second-order valence-electron chi connectivity index (χ2n) is 7.83. The van der Waals surface area contributed by atoms with E-state index >= 15 is 0 Å². The average Bonchev–Trinajstić information content (AvgIpc) is 3.28. The largest absolute Gasteiger partial charge is 0.334 e. The van der Waals surface area contributed by atoms with Gasteiger partial charge in [0.15, 0.2) is 0 Å². The van der Waals surface area contributed by atoms with E-state index in [0.29, 0.717) is 27.8 Å². The summed E-state index contributed by atoms with van der Waals surface area (Å²) < 4.78 is 47.5. The van der Waals surface area contributed by atoms with Crippen molar-refractivity contribution < 1.29 is 22.5 Å². The molecule has 1 unspecified atom stereocenters. The molecule has 1 aliphatic rings. The fourth-order valence-electron chi connectivity index (χ4n) is 3.98. The summed E-state index contributed by atoms with van der Waals surface area (Å²) in [6.07, 6.45) is 0. The molecule has 0 saturated carbocycles. The lowest BCUT2D eigenvalue weighted by molar-refractivity contribution is 0.244. The monoisotopic (exact) mass is 496 g/mol. The number of benzene rings is 3. The number of urea groups is 1. The summed E-state index contributed by atoms with van der Waals surface area (Å²) in [4.78, 5) is 18.7. The minimum Gasteiger partial charge on any atom is -0.334 e. The summed E-state index contributed by atoms with van der Waals surface area (Å²) in [5.74, 6) is -1.90. The van der Waals surface area contributed by atoms with Gasteiger partial charge in [0.2, 0.25) is 5.82 Å². The van der Waals surface area contributed by atoms with Crippen LogP contribution in [-0.2, 0) is 0 Å². The summed E-state index contributed by atoms with van der Waals surface area (Å²) in [6, 6.07) is 13.7. The number of hydrogen-bond donors (Lipinski definition) is 1. The predicted octanol–water partition coefficient (Wildman–Crippen LogP) is 6.51. The van der Waals surface area contributed by atoms with E-state index < -0.39 is 29.5 Å². The number of nitrogens with zero attached hydrogens (tertiary/aromatic N) is 3. The minimum absolute atomic E-state index is 0.0369. The van der Waals surface area contributed by atoms with Crippen LogP contribution in [0.2, 0.25) is 5.02 Å². The van der Waals surface area contributed by atoms with Crippen LogP contribution in [0.25, 0.3) is 17.0 Å².